The van der Waals surface area contributed by atoms with Crippen LogP contribution in [0.25, 0.3) is 0 Å². The van der Waals surface area contributed by atoms with Gasteiger partial charge in [-0.15, -0.1) is 0 Å². The lowest BCUT2D eigenvalue weighted by atomic mass is 10.1. The fraction of sp³-hybridized carbons (Fsp3) is 0.200. The highest BCUT2D eigenvalue weighted by molar-refractivity contribution is 9.10. The first-order valence-corrected chi connectivity index (χ1v) is 9.45. The Hall–Kier alpha value is -2.31. The smallest absolute Gasteiger partial charge is 0.227 e. The van der Waals surface area contributed by atoms with Crippen molar-refractivity contribution >= 4 is 33.5 Å². The Labute approximate surface area is 172 Å². The summed E-state index contributed by atoms with van der Waals surface area (Å²) in [6, 6.07) is 15.9. The molecule has 0 fully saturated rings. The van der Waals surface area contributed by atoms with Gasteiger partial charge in [0.05, 0.1) is 18.7 Å². The third-order valence-electron chi connectivity index (χ3n) is 4.04. The molecule has 0 saturated heterocycles. The molecular weight excluding hydrogens is 430 g/mol. The number of nitrogens with zero attached hydrogens (tertiary/aromatic N) is 3. The fourth-order valence-corrected chi connectivity index (χ4v) is 2.91. The number of ether oxygens (including phenoxy) is 2. The number of halogens is 2. The first kappa shape index (κ1) is 19.5. The second kappa shape index (κ2) is 9.06. The monoisotopic (exact) mass is 447 g/mol. The Kier molecular flexibility index (Phi) is 6.53. The highest BCUT2D eigenvalue weighted by Gasteiger charge is 2.14. The zero-order valence-corrected chi connectivity index (χ0v) is 17.4. The van der Waals surface area contributed by atoms with Gasteiger partial charge >= 0.3 is 0 Å². The lowest BCUT2D eigenvalue weighted by molar-refractivity contribution is 0.414. The van der Waals surface area contributed by atoms with Crippen molar-refractivity contribution in [2.45, 2.75) is 13.1 Å². The molecule has 0 aliphatic carbocycles. The van der Waals surface area contributed by atoms with E-state index < -0.39 is 0 Å². The van der Waals surface area contributed by atoms with E-state index in [2.05, 4.69) is 30.8 Å². The maximum Gasteiger partial charge on any atom is 0.227 e. The zero-order valence-electron chi connectivity index (χ0n) is 15.0. The molecule has 3 aromatic rings. The van der Waals surface area contributed by atoms with Crippen LogP contribution in [0.5, 0.6) is 11.5 Å². The van der Waals surface area contributed by atoms with Gasteiger partial charge in [-0.2, -0.15) is 4.98 Å². The van der Waals surface area contributed by atoms with Crippen molar-refractivity contribution in [1.29, 1.82) is 0 Å². The largest absolute Gasteiger partial charge is 0.497 e. The first-order chi connectivity index (χ1) is 13.1. The molecule has 0 unspecified atom stereocenters. The summed E-state index contributed by atoms with van der Waals surface area (Å²) in [5.74, 6) is 2.21. The maximum absolute atomic E-state index is 6.19. The summed E-state index contributed by atoms with van der Waals surface area (Å²) in [6.07, 6.45) is 1.67. The van der Waals surface area contributed by atoms with Gasteiger partial charge in [0.2, 0.25) is 5.95 Å². The third-order valence-corrected chi connectivity index (χ3v) is 5.13. The van der Waals surface area contributed by atoms with Gasteiger partial charge in [0.1, 0.15) is 16.7 Å². The molecule has 1 heterocycles. The summed E-state index contributed by atoms with van der Waals surface area (Å²) in [5, 5.41) is 0.384. The summed E-state index contributed by atoms with van der Waals surface area (Å²) in [6.45, 7) is 1.27. The van der Waals surface area contributed by atoms with E-state index in [0.29, 0.717) is 28.7 Å². The van der Waals surface area contributed by atoms with E-state index in [1.807, 2.05) is 48.5 Å². The van der Waals surface area contributed by atoms with E-state index in [1.165, 1.54) is 0 Å². The van der Waals surface area contributed by atoms with Crippen molar-refractivity contribution in [3.63, 3.8) is 0 Å². The van der Waals surface area contributed by atoms with Gasteiger partial charge in [-0.25, -0.2) is 4.98 Å². The van der Waals surface area contributed by atoms with Gasteiger partial charge < -0.3 is 14.4 Å². The van der Waals surface area contributed by atoms with E-state index in [9.17, 15) is 0 Å². The predicted molar refractivity (Wildman–Crippen MR) is 111 cm³/mol. The molecule has 5 nitrogen and oxygen atoms in total. The summed E-state index contributed by atoms with van der Waals surface area (Å²) in [4.78, 5) is 10.9. The predicted octanol–water partition coefficient (Wildman–Crippen LogP) is 5.12. The SMILES string of the molecule is COc1ccc(CN(Cc2ccc(OC)cc2)c2ncc(Br)c(Cl)n2)cc1. The lowest BCUT2D eigenvalue weighted by Gasteiger charge is -2.23. The molecule has 0 radical (unpaired) electrons. The Bertz CT molecular complexity index is 839. The average molecular weight is 449 g/mol. The number of anilines is 1. The second-order valence-corrected chi connectivity index (χ2v) is 7.07. The van der Waals surface area contributed by atoms with Gasteiger partial charge in [-0.05, 0) is 51.3 Å². The van der Waals surface area contributed by atoms with Crippen LogP contribution < -0.4 is 14.4 Å². The van der Waals surface area contributed by atoms with Crippen molar-refractivity contribution in [2.24, 2.45) is 0 Å². The van der Waals surface area contributed by atoms with Crippen molar-refractivity contribution in [3.8, 4) is 11.5 Å². The number of aromatic nitrogens is 2. The molecule has 0 aliphatic rings. The fourth-order valence-electron chi connectivity index (χ4n) is 2.59. The highest BCUT2D eigenvalue weighted by atomic mass is 79.9. The van der Waals surface area contributed by atoms with Crippen LogP contribution in [0.15, 0.2) is 59.2 Å². The van der Waals surface area contributed by atoms with Crippen LogP contribution in [0.4, 0.5) is 5.95 Å². The molecule has 0 amide bonds. The number of hydrogen-bond acceptors (Lipinski definition) is 5. The molecule has 27 heavy (non-hydrogen) atoms. The molecule has 1 aromatic heterocycles. The summed E-state index contributed by atoms with van der Waals surface area (Å²) in [5.41, 5.74) is 2.24. The number of hydrogen-bond donors (Lipinski definition) is 0. The van der Waals surface area contributed by atoms with E-state index >= 15 is 0 Å². The average Bonchev–Trinajstić information content (AvgIpc) is 2.70. The van der Waals surface area contributed by atoms with Crippen molar-refractivity contribution in [3.05, 3.63) is 75.5 Å². The summed E-state index contributed by atoms with van der Waals surface area (Å²) < 4.78 is 11.1. The minimum Gasteiger partial charge on any atom is -0.497 e. The molecule has 0 atom stereocenters. The van der Waals surface area contributed by atoms with Crippen LogP contribution in [0.1, 0.15) is 11.1 Å². The lowest BCUT2D eigenvalue weighted by Crippen LogP contribution is -2.24. The second-order valence-electron chi connectivity index (χ2n) is 5.86. The van der Waals surface area contributed by atoms with Crippen LogP contribution in [-0.2, 0) is 13.1 Å². The highest BCUT2D eigenvalue weighted by Crippen LogP contribution is 2.24. The zero-order chi connectivity index (χ0) is 19.2. The van der Waals surface area contributed by atoms with Gasteiger partial charge in [0.15, 0.2) is 0 Å². The number of benzene rings is 2. The molecular formula is C20H19BrClN3O2. The van der Waals surface area contributed by atoms with Gasteiger partial charge in [0.25, 0.3) is 0 Å². The standard InChI is InChI=1S/C20H19BrClN3O2/c1-26-16-7-3-14(4-8-16)12-25(20-23-11-18(21)19(22)24-20)13-15-5-9-17(27-2)10-6-15/h3-11H,12-13H2,1-2H3. The van der Waals surface area contributed by atoms with Crippen LogP contribution in [0.2, 0.25) is 5.15 Å². The molecule has 7 heteroatoms. The van der Waals surface area contributed by atoms with Gasteiger partial charge in [-0.3, -0.25) is 0 Å². The van der Waals surface area contributed by atoms with Crippen LogP contribution in [0, 0.1) is 0 Å². The molecule has 0 bridgehead atoms. The molecule has 0 spiro atoms. The minimum absolute atomic E-state index is 0.384. The minimum atomic E-state index is 0.384. The molecule has 0 saturated carbocycles. The molecule has 3 rings (SSSR count). The van der Waals surface area contributed by atoms with Gasteiger partial charge in [-0.1, -0.05) is 35.9 Å². The third kappa shape index (κ3) is 5.11. The van der Waals surface area contributed by atoms with E-state index in [-0.39, 0.29) is 0 Å². The maximum atomic E-state index is 6.19. The van der Waals surface area contributed by atoms with E-state index in [1.54, 1.807) is 20.4 Å². The Morgan fingerprint density at radius 2 is 1.37 bits per heavy atom. The van der Waals surface area contributed by atoms with E-state index in [4.69, 9.17) is 21.1 Å². The van der Waals surface area contributed by atoms with Crippen molar-refractivity contribution in [1.82, 2.24) is 9.97 Å². The first-order valence-electron chi connectivity index (χ1n) is 8.28. The molecule has 0 aliphatic heterocycles. The summed E-state index contributed by atoms with van der Waals surface area (Å²) >= 11 is 9.53. The van der Waals surface area contributed by atoms with Crippen LogP contribution in [-0.4, -0.2) is 24.2 Å². The molecule has 2 aromatic carbocycles. The van der Waals surface area contributed by atoms with Crippen molar-refractivity contribution < 1.29 is 9.47 Å². The normalized spacial score (nSPS) is 10.5. The van der Waals surface area contributed by atoms with E-state index in [0.717, 1.165) is 22.6 Å². The summed E-state index contributed by atoms with van der Waals surface area (Å²) in [7, 11) is 3.31. The molecule has 140 valence electrons. The number of rotatable bonds is 7. The van der Waals surface area contributed by atoms with Crippen LogP contribution in [0.3, 0.4) is 0 Å². The topological polar surface area (TPSA) is 47.5 Å². The molecule has 0 N–H and O–H groups in total. The van der Waals surface area contributed by atoms with Crippen LogP contribution >= 0.6 is 27.5 Å². The number of methoxy groups -OCH3 is 2. The quantitative estimate of drug-likeness (QED) is 0.470. The Balaban J connectivity index is 1.87. The van der Waals surface area contributed by atoms with Crippen molar-refractivity contribution in [2.75, 3.05) is 19.1 Å². The Morgan fingerprint density at radius 3 is 1.78 bits per heavy atom. The Morgan fingerprint density at radius 1 is 0.889 bits per heavy atom. The van der Waals surface area contributed by atoms with Gasteiger partial charge in [0, 0.05) is 19.3 Å².